The van der Waals surface area contributed by atoms with E-state index in [0.29, 0.717) is 6.04 Å². The van der Waals surface area contributed by atoms with Crippen LogP contribution in [0, 0.1) is 5.92 Å². The summed E-state index contributed by atoms with van der Waals surface area (Å²) < 4.78 is 0. The van der Waals surface area contributed by atoms with E-state index in [1.165, 1.54) is 38.6 Å². The Labute approximate surface area is 75.1 Å². The summed E-state index contributed by atoms with van der Waals surface area (Å²) in [4.78, 5) is 2.54. The van der Waals surface area contributed by atoms with Crippen molar-refractivity contribution in [3.8, 4) is 0 Å². The average molecular weight is 168 g/mol. The van der Waals surface area contributed by atoms with Crippen LogP contribution in [0.3, 0.4) is 0 Å². The average Bonchev–Trinajstić information content (AvgIpc) is 2.04. The van der Waals surface area contributed by atoms with Crippen LogP contribution >= 0.6 is 0 Å². The molecular weight excluding hydrogens is 148 g/mol. The SMILES string of the molecule is CN1CCCC2CC(N)CCC21. The lowest BCUT2D eigenvalue weighted by Crippen LogP contribution is -2.48. The van der Waals surface area contributed by atoms with E-state index in [1.54, 1.807) is 0 Å². The summed E-state index contributed by atoms with van der Waals surface area (Å²) in [5, 5.41) is 0. The molecule has 3 unspecified atom stereocenters. The molecule has 0 radical (unpaired) electrons. The summed E-state index contributed by atoms with van der Waals surface area (Å²) in [7, 11) is 2.27. The molecule has 1 heterocycles. The summed E-state index contributed by atoms with van der Waals surface area (Å²) in [5.74, 6) is 0.910. The maximum Gasteiger partial charge on any atom is 0.0122 e. The number of piperidine rings is 1. The first-order chi connectivity index (χ1) is 5.77. The third-order valence-corrected chi connectivity index (χ3v) is 3.63. The maximum atomic E-state index is 5.97. The molecule has 12 heavy (non-hydrogen) atoms. The molecule has 1 aliphatic carbocycles. The minimum atomic E-state index is 0.498. The lowest BCUT2D eigenvalue weighted by molar-refractivity contribution is 0.0767. The Morgan fingerprint density at radius 2 is 2.08 bits per heavy atom. The number of nitrogens with zero attached hydrogens (tertiary/aromatic N) is 1. The largest absolute Gasteiger partial charge is 0.328 e. The number of fused-ring (bicyclic) bond motifs is 1. The van der Waals surface area contributed by atoms with Crippen LogP contribution in [-0.2, 0) is 0 Å². The zero-order valence-corrected chi connectivity index (χ0v) is 8.00. The fourth-order valence-corrected chi connectivity index (χ4v) is 2.94. The molecule has 0 bridgehead atoms. The molecule has 2 N–H and O–H groups in total. The highest BCUT2D eigenvalue weighted by molar-refractivity contribution is 4.89. The van der Waals surface area contributed by atoms with Crippen molar-refractivity contribution in [3.05, 3.63) is 0 Å². The van der Waals surface area contributed by atoms with Crippen LogP contribution in [-0.4, -0.2) is 30.6 Å². The van der Waals surface area contributed by atoms with E-state index in [0.717, 1.165) is 12.0 Å². The molecule has 0 aromatic carbocycles. The molecule has 2 fully saturated rings. The molecule has 1 aliphatic heterocycles. The first-order valence-corrected chi connectivity index (χ1v) is 5.23. The Hall–Kier alpha value is -0.0800. The molecule has 1 saturated heterocycles. The summed E-state index contributed by atoms with van der Waals surface area (Å²) in [6.07, 6.45) is 6.65. The highest BCUT2D eigenvalue weighted by Gasteiger charge is 2.33. The van der Waals surface area contributed by atoms with Crippen LogP contribution < -0.4 is 5.73 Å². The van der Waals surface area contributed by atoms with Crippen molar-refractivity contribution in [3.63, 3.8) is 0 Å². The molecule has 0 aromatic heterocycles. The van der Waals surface area contributed by atoms with Crippen LogP contribution in [0.5, 0.6) is 0 Å². The van der Waals surface area contributed by atoms with Gasteiger partial charge in [-0.05, 0) is 51.6 Å². The summed E-state index contributed by atoms with van der Waals surface area (Å²) in [6.45, 7) is 1.30. The van der Waals surface area contributed by atoms with Crippen molar-refractivity contribution in [2.24, 2.45) is 11.7 Å². The van der Waals surface area contributed by atoms with Crippen molar-refractivity contribution in [1.29, 1.82) is 0 Å². The minimum absolute atomic E-state index is 0.498. The monoisotopic (exact) mass is 168 g/mol. The van der Waals surface area contributed by atoms with Gasteiger partial charge in [0.2, 0.25) is 0 Å². The number of hydrogen-bond acceptors (Lipinski definition) is 2. The van der Waals surface area contributed by atoms with Crippen molar-refractivity contribution in [2.45, 2.75) is 44.2 Å². The Balaban J connectivity index is 1.99. The van der Waals surface area contributed by atoms with Gasteiger partial charge in [0.15, 0.2) is 0 Å². The third kappa shape index (κ3) is 1.50. The Bertz CT molecular complexity index is 158. The van der Waals surface area contributed by atoms with Gasteiger partial charge in [-0.2, -0.15) is 0 Å². The Kier molecular flexibility index (Phi) is 2.37. The van der Waals surface area contributed by atoms with Gasteiger partial charge in [0.25, 0.3) is 0 Å². The molecule has 1 saturated carbocycles. The molecule has 0 spiro atoms. The second kappa shape index (κ2) is 3.35. The van der Waals surface area contributed by atoms with Crippen LogP contribution in [0.4, 0.5) is 0 Å². The molecule has 2 heteroatoms. The normalized spacial score (nSPS) is 44.0. The Morgan fingerprint density at radius 3 is 2.92 bits per heavy atom. The molecule has 2 aliphatic rings. The van der Waals surface area contributed by atoms with E-state index in [4.69, 9.17) is 5.73 Å². The second-order valence-electron chi connectivity index (χ2n) is 4.52. The molecule has 2 rings (SSSR count). The fourth-order valence-electron chi connectivity index (χ4n) is 2.94. The van der Waals surface area contributed by atoms with Gasteiger partial charge in [-0.3, -0.25) is 0 Å². The molecule has 0 amide bonds. The minimum Gasteiger partial charge on any atom is -0.328 e. The highest BCUT2D eigenvalue weighted by atomic mass is 15.1. The van der Waals surface area contributed by atoms with Crippen molar-refractivity contribution < 1.29 is 0 Å². The second-order valence-corrected chi connectivity index (χ2v) is 4.52. The molecule has 0 aromatic rings. The van der Waals surface area contributed by atoms with Crippen molar-refractivity contribution >= 4 is 0 Å². The predicted octanol–water partition coefficient (Wildman–Crippen LogP) is 1.21. The standard InChI is InChI=1S/C10H20N2/c1-12-6-2-3-8-7-9(11)4-5-10(8)12/h8-10H,2-7,11H2,1H3. The van der Waals surface area contributed by atoms with E-state index >= 15 is 0 Å². The van der Waals surface area contributed by atoms with Crippen LogP contribution in [0.1, 0.15) is 32.1 Å². The van der Waals surface area contributed by atoms with Crippen LogP contribution in [0.15, 0.2) is 0 Å². The number of likely N-dealkylation sites (tertiary alicyclic amines) is 1. The number of rotatable bonds is 0. The van der Waals surface area contributed by atoms with E-state index in [-0.39, 0.29) is 0 Å². The van der Waals surface area contributed by atoms with Crippen molar-refractivity contribution in [2.75, 3.05) is 13.6 Å². The van der Waals surface area contributed by atoms with E-state index in [2.05, 4.69) is 11.9 Å². The quantitative estimate of drug-likeness (QED) is 0.589. The lowest BCUT2D eigenvalue weighted by atomic mass is 9.77. The van der Waals surface area contributed by atoms with Gasteiger partial charge in [-0.25, -0.2) is 0 Å². The van der Waals surface area contributed by atoms with Gasteiger partial charge in [-0.1, -0.05) is 0 Å². The zero-order valence-electron chi connectivity index (χ0n) is 8.00. The summed E-state index contributed by atoms with van der Waals surface area (Å²) in [5.41, 5.74) is 5.97. The maximum absolute atomic E-state index is 5.97. The van der Waals surface area contributed by atoms with Gasteiger partial charge >= 0.3 is 0 Å². The molecule has 3 atom stereocenters. The fraction of sp³-hybridized carbons (Fsp3) is 1.00. The first kappa shape index (κ1) is 8.52. The number of nitrogens with two attached hydrogens (primary N) is 1. The van der Waals surface area contributed by atoms with Crippen LogP contribution in [0.2, 0.25) is 0 Å². The van der Waals surface area contributed by atoms with Gasteiger partial charge in [0.1, 0.15) is 0 Å². The molecular formula is C10H20N2. The van der Waals surface area contributed by atoms with Crippen molar-refractivity contribution in [1.82, 2.24) is 4.90 Å². The predicted molar refractivity (Wildman–Crippen MR) is 51.0 cm³/mol. The third-order valence-electron chi connectivity index (χ3n) is 3.63. The number of hydrogen-bond donors (Lipinski definition) is 1. The zero-order chi connectivity index (χ0) is 8.55. The van der Waals surface area contributed by atoms with E-state index in [9.17, 15) is 0 Å². The van der Waals surface area contributed by atoms with Crippen LogP contribution in [0.25, 0.3) is 0 Å². The highest BCUT2D eigenvalue weighted by Crippen LogP contribution is 2.33. The van der Waals surface area contributed by atoms with Gasteiger partial charge < -0.3 is 10.6 Å². The van der Waals surface area contributed by atoms with Gasteiger partial charge in [-0.15, -0.1) is 0 Å². The van der Waals surface area contributed by atoms with E-state index < -0.39 is 0 Å². The van der Waals surface area contributed by atoms with E-state index in [1.807, 2.05) is 0 Å². The summed E-state index contributed by atoms with van der Waals surface area (Å²) in [6, 6.07) is 1.36. The topological polar surface area (TPSA) is 29.3 Å². The summed E-state index contributed by atoms with van der Waals surface area (Å²) >= 11 is 0. The molecule has 2 nitrogen and oxygen atoms in total. The Morgan fingerprint density at radius 1 is 1.25 bits per heavy atom. The van der Waals surface area contributed by atoms with Gasteiger partial charge in [0.05, 0.1) is 0 Å². The first-order valence-electron chi connectivity index (χ1n) is 5.23. The smallest absolute Gasteiger partial charge is 0.0122 e. The lowest BCUT2D eigenvalue weighted by Gasteiger charge is -2.43. The molecule has 70 valence electrons. The van der Waals surface area contributed by atoms with Gasteiger partial charge in [0, 0.05) is 12.1 Å².